The molecule has 0 aliphatic carbocycles. The molecule has 4 aromatic rings. The lowest BCUT2D eigenvalue weighted by Gasteiger charge is -2.10. The Morgan fingerprint density at radius 2 is 2.00 bits per heavy atom. The summed E-state index contributed by atoms with van der Waals surface area (Å²) in [5.41, 5.74) is 2.01. The highest BCUT2D eigenvalue weighted by atomic mass is 35.5. The summed E-state index contributed by atoms with van der Waals surface area (Å²) in [6, 6.07) is 12.0. The lowest BCUT2D eigenvalue weighted by Crippen LogP contribution is -2.13. The molecular formula is C24H22ClFN6O. The quantitative estimate of drug-likeness (QED) is 0.452. The van der Waals surface area contributed by atoms with E-state index in [9.17, 15) is 9.18 Å². The van der Waals surface area contributed by atoms with Crippen LogP contribution in [0.4, 0.5) is 10.1 Å². The summed E-state index contributed by atoms with van der Waals surface area (Å²) < 4.78 is 18.2. The van der Waals surface area contributed by atoms with Gasteiger partial charge in [0.1, 0.15) is 11.6 Å². The summed E-state index contributed by atoms with van der Waals surface area (Å²) in [4.78, 5) is 12.8. The lowest BCUT2D eigenvalue weighted by atomic mass is 10.1. The van der Waals surface area contributed by atoms with Gasteiger partial charge in [0.05, 0.1) is 24.0 Å². The number of anilines is 1. The maximum absolute atomic E-state index is 14.5. The zero-order valence-electron chi connectivity index (χ0n) is 17.8. The third-order valence-electron chi connectivity index (χ3n) is 5.77. The molecule has 0 bridgehead atoms. The number of amides is 1. The van der Waals surface area contributed by atoms with Crippen molar-refractivity contribution in [2.75, 3.05) is 5.32 Å². The number of nitrogens with zero attached hydrogens (tertiary/aromatic N) is 5. The van der Waals surface area contributed by atoms with Gasteiger partial charge >= 0.3 is 0 Å². The second-order valence-electron chi connectivity index (χ2n) is 8.07. The van der Waals surface area contributed by atoms with Crippen molar-refractivity contribution < 1.29 is 9.18 Å². The largest absolute Gasteiger partial charge is 0.319 e. The van der Waals surface area contributed by atoms with Crippen LogP contribution in [0, 0.1) is 5.82 Å². The number of aromatic nitrogens is 5. The number of hydrogen-bond donors (Lipinski definition) is 1. The molecule has 0 unspecified atom stereocenters. The minimum absolute atomic E-state index is 0.0855. The Bertz CT molecular complexity index is 1310. The van der Waals surface area contributed by atoms with E-state index in [-0.39, 0.29) is 5.69 Å². The Kier molecular flexibility index (Phi) is 5.92. The van der Waals surface area contributed by atoms with E-state index in [1.165, 1.54) is 12.3 Å². The van der Waals surface area contributed by atoms with Gasteiger partial charge in [0.25, 0.3) is 5.91 Å². The lowest BCUT2D eigenvalue weighted by molar-refractivity contribution is 0.102. The highest BCUT2D eigenvalue weighted by Crippen LogP contribution is 2.27. The van der Waals surface area contributed by atoms with Crippen molar-refractivity contribution in [1.29, 1.82) is 0 Å². The van der Waals surface area contributed by atoms with Crippen LogP contribution >= 0.6 is 11.6 Å². The zero-order valence-corrected chi connectivity index (χ0v) is 18.6. The van der Waals surface area contributed by atoms with Crippen molar-refractivity contribution in [3.8, 4) is 11.4 Å². The Morgan fingerprint density at radius 1 is 1.12 bits per heavy atom. The number of carbonyl (C=O) groups is 1. The van der Waals surface area contributed by atoms with Gasteiger partial charge in [-0.25, -0.2) is 4.39 Å². The topological polar surface area (TPSA) is 77.6 Å². The first-order valence-corrected chi connectivity index (χ1v) is 11.3. The predicted octanol–water partition coefficient (Wildman–Crippen LogP) is 4.96. The molecule has 5 rings (SSSR count). The number of benzene rings is 2. The SMILES string of the molecule is O=C(Nc1cc(-c2nnc3n2CCCCC3)ccc1F)c1cnn(Cc2ccccc2Cl)c1. The highest BCUT2D eigenvalue weighted by molar-refractivity contribution is 6.31. The molecule has 168 valence electrons. The van der Waals surface area contributed by atoms with Crippen LogP contribution in [0.25, 0.3) is 11.4 Å². The van der Waals surface area contributed by atoms with Gasteiger partial charge < -0.3 is 9.88 Å². The van der Waals surface area contributed by atoms with Crippen molar-refractivity contribution in [3.63, 3.8) is 0 Å². The van der Waals surface area contributed by atoms with Crippen molar-refractivity contribution in [2.24, 2.45) is 0 Å². The summed E-state index contributed by atoms with van der Waals surface area (Å²) in [6.07, 6.45) is 7.24. The highest BCUT2D eigenvalue weighted by Gasteiger charge is 2.18. The number of carbonyl (C=O) groups excluding carboxylic acids is 1. The van der Waals surface area contributed by atoms with Crippen LogP contribution in [0.15, 0.2) is 54.9 Å². The second kappa shape index (κ2) is 9.15. The summed E-state index contributed by atoms with van der Waals surface area (Å²) in [5, 5.41) is 16.2. The van der Waals surface area contributed by atoms with Crippen molar-refractivity contribution in [3.05, 3.63) is 82.6 Å². The number of rotatable bonds is 5. The molecule has 1 aliphatic rings. The molecule has 0 spiro atoms. The predicted molar refractivity (Wildman–Crippen MR) is 124 cm³/mol. The Labute approximate surface area is 195 Å². The second-order valence-corrected chi connectivity index (χ2v) is 8.48. The van der Waals surface area contributed by atoms with Crippen molar-refractivity contribution in [2.45, 2.75) is 38.8 Å². The monoisotopic (exact) mass is 464 g/mol. The molecule has 9 heteroatoms. The van der Waals surface area contributed by atoms with Gasteiger partial charge in [-0.2, -0.15) is 5.10 Å². The molecule has 0 radical (unpaired) electrons. The van der Waals surface area contributed by atoms with Crippen LogP contribution in [0.5, 0.6) is 0 Å². The first-order valence-electron chi connectivity index (χ1n) is 10.9. The van der Waals surface area contributed by atoms with Crippen LogP contribution in [-0.2, 0) is 19.5 Å². The van der Waals surface area contributed by atoms with Crippen molar-refractivity contribution >= 4 is 23.2 Å². The van der Waals surface area contributed by atoms with E-state index in [2.05, 4.69) is 25.2 Å². The summed E-state index contributed by atoms with van der Waals surface area (Å²) in [5.74, 6) is 0.668. The van der Waals surface area contributed by atoms with Gasteiger partial charge in [0.15, 0.2) is 5.82 Å². The molecule has 0 saturated heterocycles. The Hall–Kier alpha value is -3.52. The van der Waals surface area contributed by atoms with Crippen LogP contribution in [-0.4, -0.2) is 30.5 Å². The minimum atomic E-state index is -0.522. The fourth-order valence-corrected chi connectivity index (χ4v) is 4.22. The van der Waals surface area contributed by atoms with E-state index in [1.54, 1.807) is 29.1 Å². The third-order valence-corrected chi connectivity index (χ3v) is 6.14. The summed E-state index contributed by atoms with van der Waals surface area (Å²) >= 11 is 6.21. The first kappa shape index (κ1) is 21.3. The third kappa shape index (κ3) is 4.52. The summed E-state index contributed by atoms with van der Waals surface area (Å²) in [7, 11) is 0. The molecule has 3 heterocycles. The average molecular weight is 465 g/mol. The van der Waals surface area contributed by atoms with E-state index in [1.807, 2.05) is 18.2 Å². The van der Waals surface area contributed by atoms with Gasteiger partial charge in [-0.15, -0.1) is 10.2 Å². The molecule has 2 aromatic heterocycles. The molecular weight excluding hydrogens is 443 g/mol. The number of halogens is 2. The molecule has 0 saturated carbocycles. The van der Waals surface area contributed by atoms with Crippen LogP contribution in [0.3, 0.4) is 0 Å². The zero-order chi connectivity index (χ0) is 22.8. The van der Waals surface area contributed by atoms with Gasteiger partial charge in [-0.05, 0) is 42.7 Å². The molecule has 0 fully saturated rings. The number of fused-ring (bicyclic) bond motifs is 1. The van der Waals surface area contributed by atoms with E-state index >= 15 is 0 Å². The molecule has 7 nitrogen and oxygen atoms in total. The molecule has 1 aliphatic heterocycles. The maximum Gasteiger partial charge on any atom is 0.258 e. The minimum Gasteiger partial charge on any atom is -0.319 e. The molecule has 1 amide bonds. The fraction of sp³-hybridized carbons (Fsp3) is 0.250. The normalized spacial score (nSPS) is 13.4. The van der Waals surface area contributed by atoms with Gasteiger partial charge in [0, 0.05) is 29.7 Å². The number of hydrogen-bond acceptors (Lipinski definition) is 4. The average Bonchev–Trinajstić information content (AvgIpc) is 3.38. The first-order chi connectivity index (χ1) is 16.1. The van der Waals surface area contributed by atoms with Gasteiger partial charge in [0.2, 0.25) is 0 Å². The van der Waals surface area contributed by atoms with E-state index in [0.717, 1.165) is 43.6 Å². The van der Waals surface area contributed by atoms with E-state index < -0.39 is 11.7 Å². The van der Waals surface area contributed by atoms with Crippen LogP contribution in [0.2, 0.25) is 5.02 Å². The molecule has 0 atom stereocenters. The van der Waals surface area contributed by atoms with Gasteiger partial charge in [-0.3, -0.25) is 9.48 Å². The van der Waals surface area contributed by atoms with E-state index in [4.69, 9.17) is 11.6 Å². The van der Waals surface area contributed by atoms with Crippen molar-refractivity contribution in [1.82, 2.24) is 24.5 Å². The van der Waals surface area contributed by atoms with Crippen LogP contribution in [0.1, 0.15) is 41.0 Å². The number of aryl methyl sites for hydroxylation is 1. The summed E-state index contributed by atoms with van der Waals surface area (Å²) in [6.45, 7) is 1.26. The smallest absolute Gasteiger partial charge is 0.258 e. The Balaban J connectivity index is 1.35. The Morgan fingerprint density at radius 3 is 2.88 bits per heavy atom. The van der Waals surface area contributed by atoms with Crippen LogP contribution < -0.4 is 5.32 Å². The maximum atomic E-state index is 14.5. The van der Waals surface area contributed by atoms with Gasteiger partial charge in [-0.1, -0.05) is 36.2 Å². The molecule has 2 aromatic carbocycles. The molecule has 33 heavy (non-hydrogen) atoms. The number of nitrogens with one attached hydrogen (secondary N) is 1. The standard InChI is InChI=1S/C24H22ClFN6O/c25-19-7-4-3-6-17(19)14-31-15-18(13-27-31)24(33)28-21-12-16(9-10-20(21)26)23-30-29-22-8-2-1-5-11-32(22)23/h3-4,6-7,9-10,12-13,15H,1-2,5,8,11,14H2,(H,28,33). The van der Waals surface area contributed by atoms with E-state index in [0.29, 0.717) is 28.5 Å². The fourth-order valence-electron chi connectivity index (χ4n) is 4.02. The molecule has 1 N–H and O–H groups in total.